The SMILES string of the molecule is Cc1cnn(C)c1C(=O)Nc1nnnn1C1CC1. The Balaban J connectivity index is 1.84. The standard InChI is InChI=1S/C10H13N7O/c1-6-5-11-16(2)8(6)9(18)12-10-13-14-15-17(10)7-3-4-7/h5,7H,3-4H2,1-2H3,(H,12,13,15,18). The quantitative estimate of drug-likeness (QED) is 0.842. The molecule has 0 atom stereocenters. The summed E-state index contributed by atoms with van der Waals surface area (Å²) in [5.74, 6) is 0.146. The molecule has 1 N–H and O–H groups in total. The van der Waals surface area contributed by atoms with Crippen molar-refractivity contribution < 1.29 is 4.79 Å². The zero-order valence-corrected chi connectivity index (χ0v) is 10.2. The van der Waals surface area contributed by atoms with E-state index in [1.807, 2.05) is 6.92 Å². The van der Waals surface area contributed by atoms with Crippen molar-refractivity contribution in [3.05, 3.63) is 17.5 Å². The fourth-order valence-corrected chi connectivity index (χ4v) is 1.88. The molecule has 0 radical (unpaired) electrons. The van der Waals surface area contributed by atoms with Gasteiger partial charge in [0.15, 0.2) is 0 Å². The topological polar surface area (TPSA) is 90.5 Å². The lowest BCUT2D eigenvalue weighted by molar-refractivity contribution is 0.101. The number of hydrogen-bond donors (Lipinski definition) is 1. The summed E-state index contributed by atoms with van der Waals surface area (Å²) in [6.07, 6.45) is 3.76. The second kappa shape index (κ2) is 3.90. The number of aryl methyl sites for hydroxylation is 2. The Morgan fingerprint density at radius 2 is 2.28 bits per heavy atom. The van der Waals surface area contributed by atoms with E-state index < -0.39 is 0 Å². The molecule has 1 saturated carbocycles. The summed E-state index contributed by atoms with van der Waals surface area (Å²) >= 11 is 0. The van der Waals surface area contributed by atoms with Gasteiger partial charge < -0.3 is 0 Å². The predicted octanol–water partition coefficient (Wildman–Crippen LogP) is 0.302. The summed E-state index contributed by atoms with van der Waals surface area (Å²) < 4.78 is 3.19. The molecule has 0 bridgehead atoms. The first-order valence-electron chi connectivity index (χ1n) is 5.74. The van der Waals surface area contributed by atoms with Gasteiger partial charge in [0.25, 0.3) is 5.91 Å². The minimum atomic E-state index is -0.246. The summed E-state index contributed by atoms with van der Waals surface area (Å²) in [4.78, 5) is 12.1. The van der Waals surface area contributed by atoms with Crippen LogP contribution >= 0.6 is 0 Å². The van der Waals surface area contributed by atoms with Crippen LogP contribution in [0.2, 0.25) is 0 Å². The highest BCUT2D eigenvalue weighted by Gasteiger charge is 2.29. The van der Waals surface area contributed by atoms with Crippen LogP contribution in [0, 0.1) is 6.92 Å². The van der Waals surface area contributed by atoms with E-state index >= 15 is 0 Å². The van der Waals surface area contributed by atoms with Crippen LogP contribution in [-0.4, -0.2) is 35.9 Å². The highest BCUT2D eigenvalue weighted by atomic mass is 16.2. The molecular formula is C10H13N7O. The molecule has 2 aromatic rings. The number of nitrogens with one attached hydrogen (secondary N) is 1. The molecular weight excluding hydrogens is 234 g/mol. The lowest BCUT2D eigenvalue weighted by atomic mass is 10.2. The Morgan fingerprint density at radius 1 is 1.50 bits per heavy atom. The van der Waals surface area contributed by atoms with Crippen LogP contribution in [0.25, 0.3) is 0 Å². The van der Waals surface area contributed by atoms with Crippen molar-refractivity contribution in [1.82, 2.24) is 30.0 Å². The van der Waals surface area contributed by atoms with Crippen LogP contribution in [0.5, 0.6) is 0 Å². The van der Waals surface area contributed by atoms with Crippen LogP contribution < -0.4 is 5.32 Å². The highest BCUT2D eigenvalue weighted by Crippen LogP contribution is 2.35. The van der Waals surface area contributed by atoms with E-state index in [0.29, 0.717) is 17.7 Å². The molecule has 3 rings (SSSR count). The molecule has 18 heavy (non-hydrogen) atoms. The van der Waals surface area contributed by atoms with Gasteiger partial charge in [-0.1, -0.05) is 5.10 Å². The fraction of sp³-hybridized carbons (Fsp3) is 0.500. The van der Waals surface area contributed by atoms with Crippen molar-refractivity contribution >= 4 is 11.9 Å². The molecule has 1 aliphatic rings. The summed E-state index contributed by atoms with van der Waals surface area (Å²) in [5, 5.41) is 18.0. The zero-order valence-electron chi connectivity index (χ0n) is 10.2. The minimum Gasteiger partial charge on any atom is -0.288 e. The van der Waals surface area contributed by atoms with Gasteiger partial charge in [-0.15, -0.1) is 0 Å². The Bertz CT molecular complexity index is 576. The first-order chi connectivity index (χ1) is 8.66. The van der Waals surface area contributed by atoms with Crippen molar-refractivity contribution in [2.24, 2.45) is 7.05 Å². The number of hydrogen-bond acceptors (Lipinski definition) is 5. The number of aromatic nitrogens is 6. The van der Waals surface area contributed by atoms with Crippen molar-refractivity contribution in [3.8, 4) is 0 Å². The Labute approximate surface area is 103 Å². The molecule has 8 heteroatoms. The van der Waals surface area contributed by atoms with E-state index in [4.69, 9.17) is 0 Å². The van der Waals surface area contributed by atoms with Gasteiger partial charge in [0.1, 0.15) is 5.69 Å². The molecule has 2 heterocycles. The number of rotatable bonds is 3. The van der Waals surface area contributed by atoms with Crippen molar-refractivity contribution in [3.63, 3.8) is 0 Å². The Hall–Kier alpha value is -2.25. The Kier molecular flexibility index (Phi) is 2.35. The molecule has 0 aliphatic heterocycles. The lowest BCUT2D eigenvalue weighted by Crippen LogP contribution is -2.20. The van der Waals surface area contributed by atoms with Crippen LogP contribution in [0.3, 0.4) is 0 Å². The average molecular weight is 247 g/mol. The number of anilines is 1. The van der Waals surface area contributed by atoms with Gasteiger partial charge in [-0.25, -0.2) is 4.68 Å². The average Bonchev–Trinajstić information content (AvgIpc) is 2.98. The van der Waals surface area contributed by atoms with Crippen LogP contribution in [-0.2, 0) is 7.05 Å². The highest BCUT2D eigenvalue weighted by molar-refractivity contribution is 6.03. The molecule has 0 unspecified atom stereocenters. The molecule has 2 aromatic heterocycles. The van der Waals surface area contributed by atoms with E-state index in [1.165, 1.54) is 4.68 Å². The maximum atomic E-state index is 12.1. The second-order valence-electron chi connectivity index (χ2n) is 4.43. The fourth-order valence-electron chi connectivity index (χ4n) is 1.88. The summed E-state index contributed by atoms with van der Waals surface area (Å²) in [7, 11) is 1.73. The zero-order chi connectivity index (χ0) is 12.7. The molecule has 94 valence electrons. The van der Waals surface area contributed by atoms with E-state index in [2.05, 4.69) is 25.9 Å². The first kappa shape index (κ1) is 10.9. The van der Waals surface area contributed by atoms with Crippen LogP contribution in [0.1, 0.15) is 34.9 Å². The minimum absolute atomic E-state index is 0.246. The third kappa shape index (κ3) is 1.75. The predicted molar refractivity (Wildman–Crippen MR) is 62.0 cm³/mol. The van der Waals surface area contributed by atoms with E-state index in [1.54, 1.807) is 17.9 Å². The maximum absolute atomic E-state index is 12.1. The summed E-state index contributed by atoms with van der Waals surface area (Å²) in [6, 6.07) is 0.322. The van der Waals surface area contributed by atoms with E-state index in [9.17, 15) is 4.79 Å². The molecule has 1 aliphatic carbocycles. The summed E-state index contributed by atoms with van der Waals surface area (Å²) in [5.41, 5.74) is 1.33. The number of amides is 1. The number of carbonyl (C=O) groups excluding carboxylic acids is 1. The monoisotopic (exact) mass is 247 g/mol. The van der Waals surface area contributed by atoms with Gasteiger partial charge in [0.05, 0.1) is 12.2 Å². The number of tetrazole rings is 1. The van der Waals surface area contributed by atoms with Gasteiger partial charge in [0, 0.05) is 7.05 Å². The van der Waals surface area contributed by atoms with Crippen molar-refractivity contribution in [1.29, 1.82) is 0 Å². The Morgan fingerprint density at radius 3 is 2.89 bits per heavy atom. The van der Waals surface area contributed by atoms with Gasteiger partial charge in [-0.05, 0) is 35.8 Å². The maximum Gasteiger partial charge on any atom is 0.276 e. The number of nitrogens with zero attached hydrogens (tertiary/aromatic N) is 6. The third-order valence-corrected chi connectivity index (χ3v) is 2.95. The van der Waals surface area contributed by atoms with Gasteiger partial charge in [-0.3, -0.25) is 14.8 Å². The smallest absolute Gasteiger partial charge is 0.276 e. The normalized spacial score (nSPS) is 14.8. The third-order valence-electron chi connectivity index (χ3n) is 2.95. The lowest BCUT2D eigenvalue weighted by Gasteiger charge is -2.06. The molecule has 0 spiro atoms. The van der Waals surface area contributed by atoms with E-state index in [-0.39, 0.29) is 5.91 Å². The molecule has 0 saturated heterocycles. The van der Waals surface area contributed by atoms with Crippen LogP contribution in [0.15, 0.2) is 6.20 Å². The van der Waals surface area contributed by atoms with Gasteiger partial charge in [0.2, 0.25) is 5.95 Å². The largest absolute Gasteiger partial charge is 0.288 e. The van der Waals surface area contributed by atoms with E-state index in [0.717, 1.165) is 18.4 Å². The van der Waals surface area contributed by atoms with Gasteiger partial charge >= 0.3 is 0 Å². The summed E-state index contributed by atoms with van der Waals surface area (Å²) in [6.45, 7) is 1.84. The molecule has 1 amide bonds. The van der Waals surface area contributed by atoms with Crippen molar-refractivity contribution in [2.45, 2.75) is 25.8 Å². The molecule has 1 fully saturated rings. The van der Waals surface area contributed by atoms with Crippen LogP contribution in [0.4, 0.5) is 5.95 Å². The molecule has 8 nitrogen and oxygen atoms in total. The second-order valence-corrected chi connectivity index (χ2v) is 4.43. The van der Waals surface area contributed by atoms with Gasteiger partial charge in [-0.2, -0.15) is 5.10 Å². The first-order valence-corrected chi connectivity index (χ1v) is 5.74. The number of carbonyl (C=O) groups is 1. The van der Waals surface area contributed by atoms with Crippen molar-refractivity contribution in [2.75, 3.05) is 5.32 Å². The molecule has 0 aromatic carbocycles.